The Labute approximate surface area is 99.0 Å². The summed E-state index contributed by atoms with van der Waals surface area (Å²) < 4.78 is 6.23. The molecule has 0 saturated carbocycles. The number of hydrogen-bond acceptors (Lipinski definition) is 4. The van der Waals surface area contributed by atoms with Crippen LogP contribution in [0.15, 0.2) is 23.1 Å². The van der Waals surface area contributed by atoms with Crippen molar-refractivity contribution < 1.29 is 14.3 Å². The molecule has 0 aromatic carbocycles. The standard InChI is InChI=1S/C12H15NO4/c1-12(2,3)17-10(15)7-13-6-4-5-9(8-14)11(13)16/h4-6,8H,7H2,1-3H3. The quantitative estimate of drug-likeness (QED) is 0.581. The number of aldehydes is 1. The molecule has 0 aliphatic rings. The summed E-state index contributed by atoms with van der Waals surface area (Å²) in [7, 11) is 0. The highest BCUT2D eigenvalue weighted by molar-refractivity contribution is 5.74. The van der Waals surface area contributed by atoms with Crippen molar-refractivity contribution in [2.24, 2.45) is 0 Å². The molecule has 5 nitrogen and oxygen atoms in total. The number of carbonyl (C=O) groups is 2. The van der Waals surface area contributed by atoms with E-state index in [0.29, 0.717) is 6.29 Å². The van der Waals surface area contributed by atoms with Crippen molar-refractivity contribution in [3.8, 4) is 0 Å². The zero-order valence-electron chi connectivity index (χ0n) is 10.1. The number of esters is 1. The fraction of sp³-hybridized carbons (Fsp3) is 0.417. The molecule has 1 aromatic rings. The molecule has 0 saturated heterocycles. The first-order chi connectivity index (χ1) is 7.83. The van der Waals surface area contributed by atoms with Gasteiger partial charge in [0.2, 0.25) is 0 Å². The van der Waals surface area contributed by atoms with Gasteiger partial charge in [-0.25, -0.2) is 0 Å². The second kappa shape index (κ2) is 4.95. The summed E-state index contributed by atoms with van der Waals surface area (Å²) >= 11 is 0. The molecule has 0 amide bonds. The minimum absolute atomic E-state index is 0.0241. The first kappa shape index (κ1) is 13.2. The van der Waals surface area contributed by atoms with Crippen molar-refractivity contribution in [2.75, 3.05) is 0 Å². The molecule has 0 spiro atoms. The Balaban J connectivity index is 2.86. The topological polar surface area (TPSA) is 65.4 Å². The molecule has 5 heteroatoms. The minimum Gasteiger partial charge on any atom is -0.459 e. The largest absolute Gasteiger partial charge is 0.459 e. The van der Waals surface area contributed by atoms with Gasteiger partial charge in [0.1, 0.15) is 12.1 Å². The van der Waals surface area contributed by atoms with E-state index < -0.39 is 17.1 Å². The average Bonchev–Trinajstić information content (AvgIpc) is 2.18. The first-order valence-corrected chi connectivity index (χ1v) is 5.20. The summed E-state index contributed by atoms with van der Waals surface area (Å²) in [6.07, 6.45) is 1.91. The van der Waals surface area contributed by atoms with Crippen LogP contribution >= 0.6 is 0 Å². The number of nitrogens with zero attached hydrogens (tertiary/aromatic N) is 1. The molecule has 0 aliphatic heterocycles. The lowest BCUT2D eigenvalue weighted by atomic mass is 10.2. The van der Waals surface area contributed by atoms with Gasteiger partial charge in [0.05, 0.1) is 5.56 Å². The van der Waals surface area contributed by atoms with E-state index in [4.69, 9.17) is 4.74 Å². The Bertz CT molecular complexity index is 482. The Morgan fingerprint density at radius 3 is 2.65 bits per heavy atom. The van der Waals surface area contributed by atoms with E-state index in [1.807, 2.05) is 0 Å². The van der Waals surface area contributed by atoms with Crippen LogP contribution in [-0.4, -0.2) is 22.4 Å². The molecular formula is C12H15NO4. The van der Waals surface area contributed by atoms with Gasteiger partial charge in [0.25, 0.3) is 5.56 Å². The summed E-state index contributed by atoms with van der Waals surface area (Å²) in [5.74, 6) is -0.511. The Morgan fingerprint density at radius 2 is 2.12 bits per heavy atom. The van der Waals surface area contributed by atoms with Crippen LogP contribution in [0.3, 0.4) is 0 Å². The van der Waals surface area contributed by atoms with Crippen LogP contribution < -0.4 is 5.56 Å². The molecule has 0 N–H and O–H groups in total. The summed E-state index contributed by atoms with van der Waals surface area (Å²) in [6.45, 7) is 5.04. The Hall–Kier alpha value is -1.91. The molecule has 17 heavy (non-hydrogen) atoms. The van der Waals surface area contributed by atoms with Gasteiger partial charge in [0.15, 0.2) is 6.29 Å². The summed E-state index contributed by atoms with van der Waals surface area (Å²) in [5.41, 5.74) is -1.06. The van der Waals surface area contributed by atoms with Gasteiger partial charge < -0.3 is 9.30 Å². The van der Waals surface area contributed by atoms with Crippen molar-refractivity contribution >= 4 is 12.3 Å². The van der Waals surface area contributed by atoms with E-state index in [1.165, 1.54) is 18.3 Å². The van der Waals surface area contributed by atoms with E-state index in [2.05, 4.69) is 0 Å². The summed E-state index contributed by atoms with van der Waals surface area (Å²) in [5, 5.41) is 0. The SMILES string of the molecule is CC(C)(C)OC(=O)Cn1cccc(C=O)c1=O. The highest BCUT2D eigenvalue weighted by Crippen LogP contribution is 2.07. The van der Waals surface area contributed by atoms with Crippen LogP contribution in [0.1, 0.15) is 31.1 Å². The fourth-order valence-electron chi connectivity index (χ4n) is 1.28. The maximum atomic E-state index is 11.6. The predicted molar refractivity (Wildman–Crippen MR) is 61.9 cm³/mol. The van der Waals surface area contributed by atoms with Crippen molar-refractivity contribution in [1.29, 1.82) is 0 Å². The zero-order chi connectivity index (χ0) is 13.1. The van der Waals surface area contributed by atoms with Crippen LogP contribution in [0.2, 0.25) is 0 Å². The lowest BCUT2D eigenvalue weighted by Crippen LogP contribution is -2.31. The number of hydrogen-bond donors (Lipinski definition) is 0. The maximum Gasteiger partial charge on any atom is 0.326 e. The fourth-order valence-corrected chi connectivity index (χ4v) is 1.28. The molecule has 1 aromatic heterocycles. The molecule has 1 heterocycles. The molecular weight excluding hydrogens is 222 g/mol. The lowest BCUT2D eigenvalue weighted by molar-refractivity contribution is -0.155. The second-order valence-electron chi connectivity index (χ2n) is 4.60. The van der Waals surface area contributed by atoms with E-state index in [-0.39, 0.29) is 12.1 Å². The van der Waals surface area contributed by atoms with E-state index in [1.54, 1.807) is 20.8 Å². The van der Waals surface area contributed by atoms with E-state index in [0.717, 1.165) is 4.57 Å². The normalized spacial score (nSPS) is 11.0. The molecule has 1 rings (SSSR count). The van der Waals surface area contributed by atoms with Gasteiger partial charge in [-0.2, -0.15) is 0 Å². The van der Waals surface area contributed by atoms with Crippen LogP contribution in [0, 0.1) is 0 Å². The Kier molecular flexibility index (Phi) is 3.83. The molecule has 0 atom stereocenters. The van der Waals surface area contributed by atoms with Gasteiger partial charge in [-0.15, -0.1) is 0 Å². The number of ether oxygens (including phenoxy) is 1. The van der Waals surface area contributed by atoms with Crippen LogP contribution in [0.5, 0.6) is 0 Å². The van der Waals surface area contributed by atoms with Gasteiger partial charge in [0, 0.05) is 6.20 Å². The van der Waals surface area contributed by atoms with Crippen molar-refractivity contribution in [3.05, 3.63) is 34.2 Å². The van der Waals surface area contributed by atoms with Gasteiger partial charge in [-0.05, 0) is 32.9 Å². The summed E-state index contributed by atoms with van der Waals surface area (Å²) in [6, 6.07) is 2.94. The van der Waals surface area contributed by atoms with E-state index in [9.17, 15) is 14.4 Å². The van der Waals surface area contributed by atoms with Gasteiger partial charge in [-0.3, -0.25) is 14.4 Å². The third-order valence-electron chi connectivity index (χ3n) is 1.90. The van der Waals surface area contributed by atoms with Crippen LogP contribution in [0.4, 0.5) is 0 Å². The molecule has 0 unspecified atom stereocenters. The summed E-state index contributed by atoms with van der Waals surface area (Å²) in [4.78, 5) is 33.7. The lowest BCUT2D eigenvalue weighted by Gasteiger charge is -2.19. The molecule has 92 valence electrons. The highest BCUT2D eigenvalue weighted by atomic mass is 16.6. The predicted octanol–water partition coefficient (Wildman–Crippen LogP) is 1.00. The third kappa shape index (κ3) is 3.86. The van der Waals surface area contributed by atoms with E-state index >= 15 is 0 Å². The zero-order valence-corrected chi connectivity index (χ0v) is 10.1. The number of pyridine rings is 1. The minimum atomic E-state index is -0.594. The van der Waals surface area contributed by atoms with Crippen molar-refractivity contribution in [1.82, 2.24) is 4.57 Å². The first-order valence-electron chi connectivity index (χ1n) is 5.20. The average molecular weight is 237 g/mol. The number of rotatable bonds is 3. The number of aromatic nitrogens is 1. The van der Waals surface area contributed by atoms with Gasteiger partial charge >= 0.3 is 5.97 Å². The van der Waals surface area contributed by atoms with Crippen molar-refractivity contribution in [2.45, 2.75) is 32.9 Å². The molecule has 0 aliphatic carbocycles. The smallest absolute Gasteiger partial charge is 0.326 e. The molecule has 0 fully saturated rings. The molecule has 0 bridgehead atoms. The van der Waals surface area contributed by atoms with Gasteiger partial charge in [-0.1, -0.05) is 0 Å². The highest BCUT2D eigenvalue weighted by Gasteiger charge is 2.17. The monoisotopic (exact) mass is 237 g/mol. The Morgan fingerprint density at radius 1 is 1.47 bits per heavy atom. The maximum absolute atomic E-state index is 11.6. The third-order valence-corrected chi connectivity index (χ3v) is 1.90. The van der Waals surface area contributed by atoms with Crippen LogP contribution in [-0.2, 0) is 16.1 Å². The number of carbonyl (C=O) groups excluding carboxylic acids is 2. The molecule has 0 radical (unpaired) electrons. The van der Waals surface area contributed by atoms with Crippen molar-refractivity contribution in [3.63, 3.8) is 0 Å². The second-order valence-corrected chi connectivity index (χ2v) is 4.60. The van der Waals surface area contributed by atoms with Crippen LogP contribution in [0.25, 0.3) is 0 Å².